The molecule has 1 amide bonds. The average Bonchev–Trinajstić information content (AvgIpc) is 3.01. The Balaban J connectivity index is 1.93. The number of carbonyl (C=O) groups is 1. The van der Waals surface area contributed by atoms with Crippen LogP contribution in [0.15, 0.2) is 48.9 Å². The van der Waals surface area contributed by atoms with Crippen LogP contribution >= 0.6 is 0 Å². The lowest BCUT2D eigenvalue weighted by molar-refractivity contribution is 0.0470. The Morgan fingerprint density at radius 1 is 1.26 bits per heavy atom. The van der Waals surface area contributed by atoms with Gasteiger partial charge in [0.2, 0.25) is 0 Å². The second kappa shape index (κ2) is 6.49. The van der Waals surface area contributed by atoms with E-state index >= 15 is 0 Å². The van der Waals surface area contributed by atoms with Crippen molar-refractivity contribution in [2.24, 2.45) is 5.92 Å². The van der Waals surface area contributed by atoms with Gasteiger partial charge in [-0.05, 0) is 30.7 Å². The van der Waals surface area contributed by atoms with E-state index < -0.39 is 0 Å². The number of benzene rings is 1. The topological polar surface area (TPSA) is 46.1 Å². The molecule has 1 aromatic heterocycles. The minimum Gasteiger partial charge on any atom is -0.331 e. The van der Waals surface area contributed by atoms with Gasteiger partial charge in [-0.3, -0.25) is 9.78 Å². The normalized spacial score (nSPS) is 20.9. The number of likely N-dealkylation sites (tertiary alicyclic amines) is 1. The summed E-state index contributed by atoms with van der Waals surface area (Å²) >= 11 is 0. The van der Waals surface area contributed by atoms with Crippen LogP contribution in [0.3, 0.4) is 0 Å². The largest absolute Gasteiger partial charge is 0.331 e. The third-order valence-electron chi connectivity index (χ3n) is 4.98. The highest BCUT2D eigenvalue weighted by Crippen LogP contribution is 2.39. The molecule has 0 bridgehead atoms. The first-order valence-corrected chi connectivity index (χ1v) is 8.25. The van der Waals surface area contributed by atoms with Gasteiger partial charge in [0.25, 0.3) is 5.91 Å². The van der Waals surface area contributed by atoms with E-state index in [1.54, 1.807) is 18.6 Å². The number of amides is 1. The van der Waals surface area contributed by atoms with E-state index in [1.165, 1.54) is 5.56 Å². The number of nitrogens with zero attached hydrogens (tertiary/aromatic N) is 3. The fraction of sp³-hybridized carbons (Fsp3) is 0.421. The van der Waals surface area contributed by atoms with Crippen LogP contribution in [0.1, 0.15) is 42.7 Å². The first kappa shape index (κ1) is 15.7. The molecule has 1 aliphatic rings. The summed E-state index contributed by atoms with van der Waals surface area (Å²) in [4.78, 5) is 23.3. The summed E-state index contributed by atoms with van der Waals surface area (Å²) in [6, 6.07) is 10.4. The van der Waals surface area contributed by atoms with Gasteiger partial charge in [0.15, 0.2) is 0 Å². The van der Waals surface area contributed by atoms with Crippen LogP contribution in [0.25, 0.3) is 0 Å². The molecule has 2 aromatic rings. The lowest BCUT2D eigenvalue weighted by Crippen LogP contribution is -2.52. The van der Waals surface area contributed by atoms with Crippen LogP contribution in [0.4, 0.5) is 0 Å². The summed E-state index contributed by atoms with van der Waals surface area (Å²) in [7, 11) is 0. The highest BCUT2D eigenvalue weighted by molar-refractivity contribution is 5.92. The van der Waals surface area contributed by atoms with Crippen molar-refractivity contribution >= 4 is 5.91 Å². The van der Waals surface area contributed by atoms with Crippen LogP contribution < -0.4 is 0 Å². The molecule has 1 unspecified atom stereocenters. The molecular formula is C19H23N3O. The van der Waals surface area contributed by atoms with E-state index in [0.29, 0.717) is 11.6 Å². The van der Waals surface area contributed by atoms with Gasteiger partial charge in [-0.25, -0.2) is 4.98 Å². The smallest absolute Gasteiger partial charge is 0.274 e. The number of rotatable bonds is 4. The zero-order chi connectivity index (χ0) is 16.3. The summed E-state index contributed by atoms with van der Waals surface area (Å²) in [6.07, 6.45) is 7.70. The Hall–Kier alpha value is -2.23. The second-order valence-corrected chi connectivity index (χ2v) is 6.57. The van der Waals surface area contributed by atoms with Crippen molar-refractivity contribution in [2.45, 2.75) is 38.6 Å². The van der Waals surface area contributed by atoms with Crippen LogP contribution in [0, 0.1) is 5.92 Å². The number of hydrogen-bond acceptors (Lipinski definition) is 3. The van der Waals surface area contributed by atoms with Crippen molar-refractivity contribution in [2.75, 3.05) is 6.54 Å². The Kier molecular flexibility index (Phi) is 4.42. The average molecular weight is 309 g/mol. The van der Waals surface area contributed by atoms with Gasteiger partial charge in [0.05, 0.1) is 6.20 Å². The zero-order valence-corrected chi connectivity index (χ0v) is 13.8. The maximum Gasteiger partial charge on any atom is 0.274 e. The van der Waals surface area contributed by atoms with E-state index in [4.69, 9.17) is 0 Å². The summed E-state index contributed by atoms with van der Waals surface area (Å²) < 4.78 is 0. The Labute approximate surface area is 137 Å². The van der Waals surface area contributed by atoms with Gasteiger partial charge in [-0.2, -0.15) is 0 Å². The third kappa shape index (κ3) is 2.98. The Bertz CT molecular complexity index is 657. The molecule has 3 rings (SSSR count). The molecule has 2 heterocycles. The third-order valence-corrected chi connectivity index (χ3v) is 4.98. The predicted molar refractivity (Wildman–Crippen MR) is 90.0 cm³/mol. The highest BCUT2D eigenvalue weighted by Gasteiger charge is 2.46. The van der Waals surface area contributed by atoms with Crippen molar-refractivity contribution in [1.82, 2.24) is 14.9 Å². The van der Waals surface area contributed by atoms with Crippen molar-refractivity contribution in [3.8, 4) is 0 Å². The summed E-state index contributed by atoms with van der Waals surface area (Å²) in [5.41, 5.74) is 1.57. The van der Waals surface area contributed by atoms with E-state index in [-0.39, 0.29) is 11.4 Å². The van der Waals surface area contributed by atoms with Crippen LogP contribution in [-0.2, 0) is 6.42 Å². The molecule has 0 spiro atoms. The molecule has 1 aromatic carbocycles. The standard InChI is InChI=1S/C19H23N3O/c1-15(2)19(13-16-7-4-3-5-8-16)9-6-12-22(19)18(23)17-14-20-10-11-21-17/h3-5,7-8,10-11,14-15H,6,9,12-13H2,1-2H3. The van der Waals surface area contributed by atoms with Crippen LogP contribution in [-0.4, -0.2) is 32.9 Å². The van der Waals surface area contributed by atoms with E-state index in [9.17, 15) is 4.79 Å². The van der Waals surface area contributed by atoms with Gasteiger partial charge in [-0.15, -0.1) is 0 Å². The summed E-state index contributed by atoms with van der Waals surface area (Å²) in [5, 5.41) is 0. The van der Waals surface area contributed by atoms with Crippen molar-refractivity contribution in [3.63, 3.8) is 0 Å². The fourth-order valence-electron chi connectivity index (χ4n) is 3.69. The Morgan fingerprint density at radius 3 is 2.70 bits per heavy atom. The molecule has 4 nitrogen and oxygen atoms in total. The van der Waals surface area contributed by atoms with Gasteiger partial charge < -0.3 is 4.90 Å². The maximum absolute atomic E-state index is 13.0. The number of hydrogen-bond donors (Lipinski definition) is 0. The Morgan fingerprint density at radius 2 is 2.04 bits per heavy atom. The van der Waals surface area contributed by atoms with E-state index in [0.717, 1.165) is 25.8 Å². The molecule has 1 fully saturated rings. The molecule has 0 N–H and O–H groups in total. The van der Waals surface area contributed by atoms with E-state index in [1.807, 2.05) is 11.0 Å². The van der Waals surface area contributed by atoms with Crippen LogP contribution in [0.5, 0.6) is 0 Å². The fourth-order valence-corrected chi connectivity index (χ4v) is 3.69. The molecule has 1 saturated heterocycles. The summed E-state index contributed by atoms with van der Waals surface area (Å²) in [6.45, 7) is 5.22. The zero-order valence-electron chi connectivity index (χ0n) is 13.8. The SMILES string of the molecule is CC(C)C1(Cc2ccccc2)CCCN1C(=O)c1cnccn1. The quantitative estimate of drug-likeness (QED) is 0.870. The molecule has 4 heteroatoms. The van der Waals surface area contributed by atoms with Gasteiger partial charge in [0, 0.05) is 24.5 Å². The van der Waals surface area contributed by atoms with E-state index in [2.05, 4.69) is 48.1 Å². The minimum absolute atomic E-state index is 0.000214. The minimum atomic E-state index is -0.143. The van der Waals surface area contributed by atoms with Crippen molar-refractivity contribution < 1.29 is 4.79 Å². The van der Waals surface area contributed by atoms with Gasteiger partial charge >= 0.3 is 0 Å². The van der Waals surface area contributed by atoms with Crippen molar-refractivity contribution in [1.29, 1.82) is 0 Å². The molecule has 0 saturated carbocycles. The maximum atomic E-state index is 13.0. The first-order valence-electron chi connectivity index (χ1n) is 8.25. The lowest BCUT2D eigenvalue weighted by atomic mass is 9.78. The number of aromatic nitrogens is 2. The van der Waals surface area contributed by atoms with Gasteiger partial charge in [0.1, 0.15) is 5.69 Å². The molecular weight excluding hydrogens is 286 g/mol. The molecule has 1 aliphatic heterocycles. The summed E-state index contributed by atoms with van der Waals surface area (Å²) in [5.74, 6) is 0.381. The predicted octanol–water partition coefficient (Wildman–Crippen LogP) is 3.35. The molecule has 120 valence electrons. The van der Waals surface area contributed by atoms with Crippen LogP contribution in [0.2, 0.25) is 0 Å². The molecule has 0 aliphatic carbocycles. The highest BCUT2D eigenvalue weighted by atomic mass is 16.2. The van der Waals surface area contributed by atoms with Crippen molar-refractivity contribution in [3.05, 3.63) is 60.2 Å². The molecule has 0 radical (unpaired) electrons. The molecule has 23 heavy (non-hydrogen) atoms. The lowest BCUT2D eigenvalue weighted by Gasteiger charge is -2.42. The number of carbonyl (C=O) groups excluding carboxylic acids is 1. The molecule has 1 atom stereocenters. The monoisotopic (exact) mass is 309 g/mol. The van der Waals surface area contributed by atoms with Gasteiger partial charge in [-0.1, -0.05) is 44.2 Å². The first-order chi connectivity index (χ1) is 11.1. The second-order valence-electron chi connectivity index (χ2n) is 6.57.